The van der Waals surface area contributed by atoms with Crippen LogP contribution in [0.1, 0.15) is 39.2 Å². The van der Waals surface area contributed by atoms with Gasteiger partial charge in [0.1, 0.15) is 0 Å². The highest BCUT2D eigenvalue weighted by molar-refractivity contribution is 5.73. The molecule has 0 aliphatic heterocycles. The monoisotopic (exact) mass is 272 g/mol. The maximum atomic E-state index is 11.5. The van der Waals surface area contributed by atoms with Gasteiger partial charge in [0.15, 0.2) is 0 Å². The molecular formula is C18H24O2. The average molecular weight is 272 g/mol. The summed E-state index contributed by atoms with van der Waals surface area (Å²) in [6, 6.07) is 9.60. The number of ether oxygens (including phenoxy) is 1. The fraction of sp³-hybridized carbons (Fsp3) is 0.389. The number of hydrogen-bond donors (Lipinski definition) is 0. The van der Waals surface area contributed by atoms with Crippen molar-refractivity contribution in [1.82, 2.24) is 0 Å². The molecule has 0 aliphatic carbocycles. The number of benzene rings is 1. The molecule has 2 heteroatoms. The van der Waals surface area contributed by atoms with Crippen LogP contribution in [0.4, 0.5) is 0 Å². The van der Waals surface area contributed by atoms with E-state index in [2.05, 4.69) is 32.9 Å². The van der Waals surface area contributed by atoms with Gasteiger partial charge < -0.3 is 4.74 Å². The first-order valence-electron chi connectivity index (χ1n) is 7.03. The van der Waals surface area contributed by atoms with Crippen LogP contribution >= 0.6 is 0 Å². The number of rotatable bonds is 6. The molecule has 0 saturated carbocycles. The average Bonchev–Trinajstić information content (AvgIpc) is 2.37. The molecule has 1 rings (SSSR count). The lowest BCUT2D eigenvalue weighted by Gasteiger charge is -2.10. The number of carbonyl (C=O) groups is 1. The van der Waals surface area contributed by atoms with E-state index in [0.717, 1.165) is 18.4 Å². The van der Waals surface area contributed by atoms with Crippen molar-refractivity contribution in [2.24, 2.45) is 5.41 Å². The third-order valence-corrected chi connectivity index (χ3v) is 2.60. The summed E-state index contributed by atoms with van der Waals surface area (Å²) in [6.45, 7) is 6.51. The Hall–Kier alpha value is -1.83. The van der Waals surface area contributed by atoms with Crippen LogP contribution in [0.25, 0.3) is 0 Å². The molecule has 1 aromatic rings. The van der Waals surface area contributed by atoms with Crippen molar-refractivity contribution in [3.05, 3.63) is 60.4 Å². The van der Waals surface area contributed by atoms with E-state index < -0.39 is 0 Å². The summed E-state index contributed by atoms with van der Waals surface area (Å²) in [5, 5.41) is 0. The van der Waals surface area contributed by atoms with E-state index in [-0.39, 0.29) is 11.4 Å². The van der Waals surface area contributed by atoms with Gasteiger partial charge in [-0.25, -0.2) is 0 Å². The number of carbonyl (C=O) groups excluding carboxylic acids is 1. The molecule has 0 fully saturated rings. The van der Waals surface area contributed by atoms with Gasteiger partial charge in [0.05, 0.1) is 12.7 Å². The summed E-state index contributed by atoms with van der Waals surface area (Å²) in [6.07, 6.45) is 9.90. The molecule has 20 heavy (non-hydrogen) atoms. The highest BCUT2D eigenvalue weighted by atomic mass is 16.5. The Kier molecular flexibility index (Phi) is 6.78. The van der Waals surface area contributed by atoms with Gasteiger partial charge in [-0.05, 0) is 29.9 Å². The molecule has 0 aliphatic rings. The Morgan fingerprint density at radius 3 is 2.40 bits per heavy atom. The molecular weight excluding hydrogens is 248 g/mol. The standard InChI is InChI=1S/C18H24O2/c1-18(2,3)13-9-4-5-10-14-20-17(19)15-16-11-7-6-8-12-16/h6-14H,4-5,15H2,1-3H3/b13-9+,14-10+. The topological polar surface area (TPSA) is 26.3 Å². The number of unbranched alkanes of at least 4 members (excludes halogenated alkanes) is 1. The lowest BCUT2D eigenvalue weighted by atomic mass is 9.96. The first-order valence-corrected chi connectivity index (χ1v) is 7.03. The van der Waals surface area contributed by atoms with Crippen LogP contribution in [0.2, 0.25) is 0 Å². The van der Waals surface area contributed by atoms with E-state index in [4.69, 9.17) is 4.74 Å². The maximum Gasteiger partial charge on any atom is 0.315 e. The minimum atomic E-state index is -0.224. The molecule has 0 atom stereocenters. The van der Waals surface area contributed by atoms with E-state index in [1.165, 1.54) is 6.26 Å². The molecule has 0 heterocycles. The van der Waals surface area contributed by atoms with Crippen molar-refractivity contribution in [1.29, 1.82) is 0 Å². The van der Waals surface area contributed by atoms with E-state index in [1.807, 2.05) is 36.4 Å². The summed E-state index contributed by atoms with van der Waals surface area (Å²) >= 11 is 0. The molecule has 0 unspecified atom stereocenters. The van der Waals surface area contributed by atoms with E-state index in [9.17, 15) is 4.79 Å². The Labute approximate surface area is 122 Å². The number of esters is 1. The second kappa shape index (κ2) is 8.36. The largest absolute Gasteiger partial charge is 0.435 e. The van der Waals surface area contributed by atoms with E-state index in [1.54, 1.807) is 0 Å². The van der Waals surface area contributed by atoms with Crippen LogP contribution in [-0.4, -0.2) is 5.97 Å². The minimum Gasteiger partial charge on any atom is -0.435 e. The minimum absolute atomic E-state index is 0.224. The van der Waals surface area contributed by atoms with Gasteiger partial charge in [-0.15, -0.1) is 0 Å². The van der Waals surface area contributed by atoms with Crippen LogP contribution < -0.4 is 0 Å². The summed E-state index contributed by atoms with van der Waals surface area (Å²) in [7, 11) is 0. The van der Waals surface area contributed by atoms with Crippen LogP contribution in [0.5, 0.6) is 0 Å². The maximum absolute atomic E-state index is 11.5. The third-order valence-electron chi connectivity index (χ3n) is 2.60. The second-order valence-electron chi connectivity index (χ2n) is 5.87. The van der Waals surface area contributed by atoms with Crippen LogP contribution in [0, 0.1) is 5.41 Å². The van der Waals surface area contributed by atoms with Crippen molar-refractivity contribution in [3.63, 3.8) is 0 Å². The Morgan fingerprint density at radius 1 is 1.10 bits per heavy atom. The normalized spacial score (nSPS) is 12.2. The van der Waals surface area contributed by atoms with Gasteiger partial charge in [0.2, 0.25) is 0 Å². The van der Waals surface area contributed by atoms with Gasteiger partial charge in [-0.1, -0.05) is 63.3 Å². The molecule has 0 radical (unpaired) electrons. The summed E-state index contributed by atoms with van der Waals surface area (Å²) in [5.74, 6) is -0.224. The fourth-order valence-electron chi connectivity index (χ4n) is 1.63. The summed E-state index contributed by atoms with van der Waals surface area (Å²) < 4.78 is 5.05. The van der Waals surface area contributed by atoms with Crippen molar-refractivity contribution >= 4 is 5.97 Å². The van der Waals surface area contributed by atoms with Gasteiger partial charge in [0.25, 0.3) is 0 Å². The van der Waals surface area contributed by atoms with Crippen molar-refractivity contribution < 1.29 is 9.53 Å². The quantitative estimate of drug-likeness (QED) is 0.325. The first kappa shape index (κ1) is 16.2. The number of hydrogen-bond acceptors (Lipinski definition) is 2. The van der Waals surface area contributed by atoms with Crippen molar-refractivity contribution in [3.8, 4) is 0 Å². The Bertz CT molecular complexity index is 450. The second-order valence-corrected chi connectivity index (χ2v) is 5.87. The molecule has 1 aromatic carbocycles. The number of allylic oxidation sites excluding steroid dienone is 3. The van der Waals surface area contributed by atoms with Gasteiger partial charge in [0, 0.05) is 0 Å². The summed E-state index contributed by atoms with van der Waals surface area (Å²) in [5.41, 5.74) is 1.20. The zero-order chi connectivity index (χ0) is 14.8. The molecule has 0 spiro atoms. The SMILES string of the molecule is CC(C)(C)/C=C/CC/C=C/OC(=O)Cc1ccccc1. The highest BCUT2D eigenvalue weighted by Crippen LogP contribution is 2.15. The van der Waals surface area contributed by atoms with Crippen LogP contribution in [0.15, 0.2) is 54.8 Å². The first-order chi connectivity index (χ1) is 9.47. The highest BCUT2D eigenvalue weighted by Gasteiger charge is 2.03. The predicted octanol–water partition coefficient (Wildman–Crippen LogP) is 4.67. The predicted molar refractivity (Wildman–Crippen MR) is 83.2 cm³/mol. The smallest absolute Gasteiger partial charge is 0.315 e. The molecule has 0 aromatic heterocycles. The molecule has 0 bridgehead atoms. The van der Waals surface area contributed by atoms with Crippen LogP contribution in [-0.2, 0) is 16.0 Å². The van der Waals surface area contributed by atoms with Crippen molar-refractivity contribution in [2.75, 3.05) is 0 Å². The van der Waals surface area contributed by atoms with Gasteiger partial charge >= 0.3 is 5.97 Å². The molecule has 108 valence electrons. The summed E-state index contributed by atoms with van der Waals surface area (Å²) in [4.78, 5) is 11.5. The van der Waals surface area contributed by atoms with Gasteiger partial charge in [-0.3, -0.25) is 4.79 Å². The molecule has 0 saturated heterocycles. The fourth-order valence-corrected chi connectivity index (χ4v) is 1.63. The zero-order valence-electron chi connectivity index (χ0n) is 12.6. The van der Waals surface area contributed by atoms with Crippen LogP contribution in [0.3, 0.4) is 0 Å². The Balaban J connectivity index is 2.18. The lowest BCUT2D eigenvalue weighted by molar-refractivity contribution is -0.137. The third kappa shape index (κ3) is 8.30. The van der Waals surface area contributed by atoms with E-state index in [0.29, 0.717) is 6.42 Å². The Morgan fingerprint density at radius 2 is 1.75 bits per heavy atom. The zero-order valence-corrected chi connectivity index (χ0v) is 12.6. The molecule has 2 nitrogen and oxygen atoms in total. The van der Waals surface area contributed by atoms with Crippen molar-refractivity contribution in [2.45, 2.75) is 40.0 Å². The molecule has 0 amide bonds. The van der Waals surface area contributed by atoms with E-state index >= 15 is 0 Å². The van der Waals surface area contributed by atoms with Gasteiger partial charge in [-0.2, -0.15) is 0 Å². The lowest BCUT2D eigenvalue weighted by Crippen LogP contribution is -2.03. The molecule has 0 N–H and O–H groups in total.